The standard InChI is InChI=1S/C69H130O6/c1-4-7-10-13-16-19-22-25-28-31-34-37-40-43-46-49-52-55-58-61-67(70)73-64-66(75-69(72)63-60-57-54-51-48-45-42-39-36-33-30-27-24-21-18-15-12-9-6-3)65-74-68(71)62-59-56-53-50-47-44-41-38-35-32-29-26-23-20-17-14-11-8-5-2/h25-26,28-29,66H,4-24,27,30-65H2,1-3H3/b28-25-,29-26-. The molecule has 442 valence electrons. The van der Waals surface area contributed by atoms with Crippen molar-refractivity contribution in [3.8, 4) is 0 Å². The molecule has 0 aromatic carbocycles. The molecule has 0 radical (unpaired) electrons. The van der Waals surface area contributed by atoms with E-state index in [-0.39, 0.29) is 31.1 Å². The Morgan fingerprint density at radius 1 is 0.253 bits per heavy atom. The summed E-state index contributed by atoms with van der Waals surface area (Å²) in [5.74, 6) is -0.841. The summed E-state index contributed by atoms with van der Waals surface area (Å²) in [5, 5.41) is 0. The zero-order valence-corrected chi connectivity index (χ0v) is 50.8. The second kappa shape index (κ2) is 64.4. The van der Waals surface area contributed by atoms with E-state index in [9.17, 15) is 14.4 Å². The topological polar surface area (TPSA) is 78.9 Å². The van der Waals surface area contributed by atoms with Gasteiger partial charge in [0.25, 0.3) is 0 Å². The van der Waals surface area contributed by atoms with Gasteiger partial charge in [0.2, 0.25) is 0 Å². The number of rotatable bonds is 63. The van der Waals surface area contributed by atoms with Gasteiger partial charge in [-0.15, -0.1) is 0 Å². The van der Waals surface area contributed by atoms with Crippen molar-refractivity contribution in [1.29, 1.82) is 0 Å². The van der Waals surface area contributed by atoms with E-state index in [4.69, 9.17) is 14.2 Å². The summed E-state index contributed by atoms with van der Waals surface area (Å²) in [7, 11) is 0. The third kappa shape index (κ3) is 62.6. The van der Waals surface area contributed by atoms with Crippen LogP contribution in [-0.4, -0.2) is 37.2 Å². The number of carbonyl (C=O) groups excluding carboxylic acids is 3. The highest BCUT2D eigenvalue weighted by Gasteiger charge is 2.19. The van der Waals surface area contributed by atoms with Gasteiger partial charge in [0.05, 0.1) is 0 Å². The molecule has 0 heterocycles. The maximum Gasteiger partial charge on any atom is 0.306 e. The molecule has 0 spiro atoms. The minimum absolute atomic E-state index is 0.0675. The molecule has 75 heavy (non-hydrogen) atoms. The number of allylic oxidation sites excluding steroid dienone is 4. The summed E-state index contributed by atoms with van der Waals surface area (Å²) in [5.41, 5.74) is 0. The Labute approximate surface area is 468 Å². The maximum absolute atomic E-state index is 12.9. The van der Waals surface area contributed by atoms with E-state index in [1.165, 1.54) is 283 Å². The highest BCUT2D eigenvalue weighted by molar-refractivity contribution is 5.71. The first kappa shape index (κ1) is 72.9. The van der Waals surface area contributed by atoms with Crippen LogP contribution in [0.15, 0.2) is 24.3 Å². The Bertz CT molecular complexity index is 1150. The molecule has 0 rings (SSSR count). The van der Waals surface area contributed by atoms with Crippen LogP contribution in [-0.2, 0) is 28.6 Å². The second-order valence-corrected chi connectivity index (χ2v) is 23.1. The van der Waals surface area contributed by atoms with E-state index in [1.54, 1.807) is 0 Å². The Morgan fingerprint density at radius 3 is 0.667 bits per heavy atom. The van der Waals surface area contributed by atoms with Gasteiger partial charge in [0, 0.05) is 19.3 Å². The molecule has 6 heteroatoms. The summed E-state index contributed by atoms with van der Waals surface area (Å²) in [4.78, 5) is 38.4. The second-order valence-electron chi connectivity index (χ2n) is 23.1. The number of ether oxygens (including phenoxy) is 3. The molecule has 0 aliphatic rings. The lowest BCUT2D eigenvalue weighted by molar-refractivity contribution is -0.167. The fourth-order valence-electron chi connectivity index (χ4n) is 10.3. The molecule has 0 bridgehead atoms. The van der Waals surface area contributed by atoms with Crippen LogP contribution in [0.5, 0.6) is 0 Å². The number of hydrogen-bond acceptors (Lipinski definition) is 6. The first-order valence-corrected chi connectivity index (χ1v) is 33.8. The van der Waals surface area contributed by atoms with E-state index in [2.05, 4.69) is 45.1 Å². The monoisotopic (exact) mass is 1050 g/mol. The Kier molecular flexibility index (Phi) is 62.6. The number of unbranched alkanes of at least 4 members (excludes halogenated alkanes) is 48. The molecule has 0 aromatic rings. The fraction of sp³-hybridized carbons (Fsp3) is 0.899. The molecule has 0 saturated carbocycles. The van der Waals surface area contributed by atoms with Gasteiger partial charge in [-0.2, -0.15) is 0 Å². The van der Waals surface area contributed by atoms with Gasteiger partial charge in [0.1, 0.15) is 13.2 Å². The van der Waals surface area contributed by atoms with E-state index < -0.39 is 6.10 Å². The Morgan fingerprint density at radius 2 is 0.440 bits per heavy atom. The zero-order chi connectivity index (χ0) is 54.3. The molecule has 0 unspecified atom stereocenters. The van der Waals surface area contributed by atoms with Crippen molar-refractivity contribution in [3.05, 3.63) is 24.3 Å². The molecule has 0 aliphatic carbocycles. The van der Waals surface area contributed by atoms with Crippen LogP contribution >= 0.6 is 0 Å². The predicted molar refractivity (Wildman–Crippen MR) is 326 cm³/mol. The van der Waals surface area contributed by atoms with Crippen molar-refractivity contribution in [2.75, 3.05) is 13.2 Å². The van der Waals surface area contributed by atoms with Gasteiger partial charge in [-0.05, 0) is 70.6 Å². The normalized spacial score (nSPS) is 11.7. The highest BCUT2D eigenvalue weighted by atomic mass is 16.6. The van der Waals surface area contributed by atoms with Crippen molar-refractivity contribution in [2.45, 2.75) is 386 Å². The minimum atomic E-state index is -0.770. The molecular weight excluding hydrogens is 925 g/mol. The van der Waals surface area contributed by atoms with Crippen LogP contribution in [0.2, 0.25) is 0 Å². The van der Waals surface area contributed by atoms with Gasteiger partial charge in [-0.25, -0.2) is 0 Å². The third-order valence-electron chi connectivity index (χ3n) is 15.4. The molecule has 0 amide bonds. The summed E-state index contributed by atoms with van der Waals surface area (Å²) >= 11 is 0. The Hall–Kier alpha value is -2.11. The largest absolute Gasteiger partial charge is 0.462 e. The van der Waals surface area contributed by atoms with Gasteiger partial charge in [0.15, 0.2) is 6.10 Å². The first-order chi connectivity index (χ1) is 37.0. The van der Waals surface area contributed by atoms with Crippen molar-refractivity contribution < 1.29 is 28.6 Å². The third-order valence-corrected chi connectivity index (χ3v) is 15.4. The smallest absolute Gasteiger partial charge is 0.306 e. The number of carbonyl (C=O) groups is 3. The lowest BCUT2D eigenvalue weighted by Crippen LogP contribution is -2.30. The average Bonchev–Trinajstić information content (AvgIpc) is 3.41. The van der Waals surface area contributed by atoms with Crippen LogP contribution in [0.1, 0.15) is 380 Å². The molecule has 6 nitrogen and oxygen atoms in total. The van der Waals surface area contributed by atoms with E-state index >= 15 is 0 Å². The Balaban J connectivity index is 4.32. The quantitative estimate of drug-likeness (QED) is 0.0261. The fourth-order valence-corrected chi connectivity index (χ4v) is 10.3. The maximum atomic E-state index is 12.9. The van der Waals surface area contributed by atoms with Crippen LogP contribution in [0.25, 0.3) is 0 Å². The van der Waals surface area contributed by atoms with Crippen molar-refractivity contribution in [1.82, 2.24) is 0 Å². The SMILES string of the molecule is CCCCCCCC/C=C\CCCCCCCCCCCC(=O)OCC(COC(=O)CCCCCCCCCCC/C=C\CCCCCCCC)OC(=O)CCCCCCCCCCCCCCCCCCCCC. The van der Waals surface area contributed by atoms with Gasteiger partial charge in [-0.3, -0.25) is 14.4 Å². The van der Waals surface area contributed by atoms with Crippen molar-refractivity contribution in [3.63, 3.8) is 0 Å². The van der Waals surface area contributed by atoms with Gasteiger partial charge < -0.3 is 14.2 Å². The number of esters is 3. The summed E-state index contributed by atoms with van der Waals surface area (Å²) in [6, 6.07) is 0. The number of hydrogen-bond donors (Lipinski definition) is 0. The molecular formula is C69H130O6. The van der Waals surface area contributed by atoms with Crippen LogP contribution < -0.4 is 0 Å². The average molecular weight is 1060 g/mol. The van der Waals surface area contributed by atoms with E-state index in [0.717, 1.165) is 57.8 Å². The predicted octanol–water partition coefficient (Wildman–Crippen LogP) is 23.0. The molecule has 0 atom stereocenters. The van der Waals surface area contributed by atoms with E-state index in [1.807, 2.05) is 0 Å². The summed E-state index contributed by atoms with van der Waals surface area (Å²) in [6.45, 7) is 6.71. The lowest BCUT2D eigenvalue weighted by atomic mass is 10.0. The lowest BCUT2D eigenvalue weighted by Gasteiger charge is -2.18. The van der Waals surface area contributed by atoms with Crippen LogP contribution in [0.4, 0.5) is 0 Å². The van der Waals surface area contributed by atoms with Crippen molar-refractivity contribution in [2.24, 2.45) is 0 Å². The minimum Gasteiger partial charge on any atom is -0.462 e. The van der Waals surface area contributed by atoms with Crippen molar-refractivity contribution >= 4 is 17.9 Å². The van der Waals surface area contributed by atoms with Crippen LogP contribution in [0, 0.1) is 0 Å². The molecule has 0 saturated heterocycles. The molecule has 0 N–H and O–H groups in total. The van der Waals surface area contributed by atoms with Gasteiger partial charge in [-0.1, -0.05) is 315 Å². The molecule has 0 aromatic heterocycles. The highest BCUT2D eigenvalue weighted by Crippen LogP contribution is 2.18. The molecule has 0 fully saturated rings. The summed E-state index contributed by atoms with van der Waals surface area (Å²) < 4.78 is 17.0. The molecule has 0 aliphatic heterocycles. The first-order valence-electron chi connectivity index (χ1n) is 33.8. The van der Waals surface area contributed by atoms with E-state index in [0.29, 0.717) is 19.3 Å². The van der Waals surface area contributed by atoms with Gasteiger partial charge >= 0.3 is 17.9 Å². The zero-order valence-electron chi connectivity index (χ0n) is 50.8. The van der Waals surface area contributed by atoms with Crippen LogP contribution in [0.3, 0.4) is 0 Å². The summed E-state index contributed by atoms with van der Waals surface area (Å²) in [6.07, 6.45) is 77.6.